The van der Waals surface area contributed by atoms with Crippen LogP contribution in [-0.4, -0.2) is 63.8 Å². The molecule has 3 N–H and O–H groups in total. The number of carbonyl (C=O) groups excluding carboxylic acids is 3. The van der Waals surface area contributed by atoms with Crippen molar-refractivity contribution in [2.75, 3.05) is 37.3 Å². The number of hydrogen-bond donors (Lipinski definition) is 2. The summed E-state index contributed by atoms with van der Waals surface area (Å²) in [5, 5.41) is 0. The third-order valence-electron chi connectivity index (χ3n) is 8.70. The van der Waals surface area contributed by atoms with Crippen molar-refractivity contribution in [2.24, 2.45) is 5.84 Å². The molecule has 14 heteroatoms. The molecule has 0 saturated carbocycles. The van der Waals surface area contributed by atoms with Crippen LogP contribution in [0.25, 0.3) is 0 Å². The van der Waals surface area contributed by atoms with Gasteiger partial charge in [-0.1, -0.05) is 48.5 Å². The molecule has 0 radical (unpaired) electrons. The number of nitrogens with one attached hydrogen (secondary N) is 1. The molecule has 3 aromatic carbocycles. The molecule has 13 nitrogen and oxygen atoms in total. The largest absolute Gasteiger partial charge is 0.492 e. The fraction of sp³-hybridized carbons (Fsp3) is 0.323. The van der Waals surface area contributed by atoms with E-state index in [4.69, 9.17) is 24.2 Å². The Hall–Kier alpha value is -4.82. The Morgan fingerprint density at radius 3 is 2.36 bits per heavy atom. The fourth-order valence-corrected chi connectivity index (χ4v) is 7.44. The number of rotatable bonds is 8. The maximum Gasteiger partial charge on any atom is 0.412 e. The van der Waals surface area contributed by atoms with Gasteiger partial charge < -0.3 is 23.8 Å². The maximum atomic E-state index is 15.3. The van der Waals surface area contributed by atoms with Crippen molar-refractivity contribution < 1.29 is 41.2 Å². The molecule has 2 bridgehead atoms. The van der Waals surface area contributed by atoms with Gasteiger partial charge in [0.2, 0.25) is 5.91 Å². The van der Waals surface area contributed by atoms with E-state index in [-0.39, 0.29) is 55.4 Å². The number of para-hydroxylation sites is 1. The van der Waals surface area contributed by atoms with Crippen LogP contribution in [0.2, 0.25) is 0 Å². The topological polar surface area (TPSA) is 167 Å². The van der Waals surface area contributed by atoms with Gasteiger partial charge in [0.15, 0.2) is 28.7 Å². The lowest BCUT2D eigenvalue weighted by atomic mass is 9.59. The molecule has 45 heavy (non-hydrogen) atoms. The number of nitrogens with two attached hydrogens (primary N) is 1. The van der Waals surface area contributed by atoms with Crippen molar-refractivity contribution in [1.82, 2.24) is 4.90 Å². The average Bonchev–Trinajstić information content (AvgIpc) is 3.36. The van der Waals surface area contributed by atoms with Gasteiger partial charge in [0.25, 0.3) is 0 Å². The predicted molar refractivity (Wildman–Crippen MR) is 162 cm³/mol. The zero-order chi connectivity index (χ0) is 32.1. The van der Waals surface area contributed by atoms with Crippen molar-refractivity contribution in [3.05, 3.63) is 77.4 Å². The fourth-order valence-electron chi connectivity index (χ4n) is 6.98. The lowest BCUT2D eigenvalue weighted by molar-refractivity contribution is -0.141. The summed E-state index contributed by atoms with van der Waals surface area (Å²) in [6.45, 7) is -0.0424. The number of amides is 2. The number of hydrazine groups is 1. The van der Waals surface area contributed by atoms with E-state index in [0.717, 1.165) is 11.8 Å². The molecule has 3 aromatic rings. The van der Waals surface area contributed by atoms with Crippen LogP contribution in [0.3, 0.4) is 0 Å². The van der Waals surface area contributed by atoms with Crippen LogP contribution in [0, 0.1) is 0 Å². The van der Waals surface area contributed by atoms with Crippen molar-refractivity contribution in [2.45, 2.75) is 36.9 Å². The first kappa shape index (κ1) is 30.2. The van der Waals surface area contributed by atoms with E-state index in [0.29, 0.717) is 16.8 Å². The van der Waals surface area contributed by atoms with E-state index in [1.54, 1.807) is 36.4 Å². The minimum atomic E-state index is -4.08. The van der Waals surface area contributed by atoms with E-state index in [1.807, 2.05) is 18.2 Å². The average molecular weight is 637 g/mol. The smallest absolute Gasteiger partial charge is 0.412 e. The normalized spacial score (nSPS) is 22.0. The van der Waals surface area contributed by atoms with Crippen LogP contribution >= 0.6 is 0 Å². The molecule has 2 amide bonds. The molecule has 0 unspecified atom stereocenters. The summed E-state index contributed by atoms with van der Waals surface area (Å²) < 4.78 is 47.5. The van der Waals surface area contributed by atoms with Gasteiger partial charge >= 0.3 is 16.2 Å². The standard InChI is InChI=1S/C31H32N4O9S/c1-41-26-21(12-13-22(33-32)27(26)42-2)30-16-17-34(29(38)43-18-19-8-5-4-6-9-19)31(28(30)37)15-14-24(36)35(31)25-20(30)10-7-11-23(25)44-45(3,39)40/h4-13,33H,14-18,32H2,1-3H3/t30-,31+/m1/s1. The van der Waals surface area contributed by atoms with Gasteiger partial charge in [0, 0.05) is 24.9 Å². The number of benzene rings is 3. The first-order chi connectivity index (χ1) is 21.5. The second-order valence-corrected chi connectivity index (χ2v) is 12.6. The summed E-state index contributed by atoms with van der Waals surface area (Å²) in [6.07, 6.45) is -0.00875. The second kappa shape index (κ2) is 11.0. The number of fused-ring (bicyclic) bond motifs is 4. The van der Waals surface area contributed by atoms with Crippen LogP contribution in [0.4, 0.5) is 16.2 Å². The Kier molecular flexibility index (Phi) is 7.36. The number of methoxy groups -OCH3 is 2. The minimum Gasteiger partial charge on any atom is -0.492 e. The highest BCUT2D eigenvalue weighted by atomic mass is 32.2. The molecule has 1 spiro atoms. The zero-order valence-electron chi connectivity index (χ0n) is 24.9. The summed E-state index contributed by atoms with van der Waals surface area (Å²) in [6, 6.07) is 17.0. The van der Waals surface area contributed by atoms with Gasteiger partial charge in [-0.2, -0.15) is 8.42 Å². The van der Waals surface area contributed by atoms with E-state index >= 15 is 4.79 Å². The van der Waals surface area contributed by atoms with Crippen LogP contribution in [0.15, 0.2) is 60.7 Å². The number of ether oxygens (including phenoxy) is 3. The molecular formula is C31H32N4O9S. The highest BCUT2D eigenvalue weighted by molar-refractivity contribution is 7.86. The minimum absolute atomic E-state index is 0.0160. The number of hydrogen-bond acceptors (Lipinski definition) is 11. The summed E-state index contributed by atoms with van der Waals surface area (Å²) in [4.78, 5) is 45.4. The Morgan fingerprint density at radius 1 is 0.956 bits per heavy atom. The summed E-state index contributed by atoms with van der Waals surface area (Å²) >= 11 is 0. The van der Waals surface area contributed by atoms with Crippen LogP contribution in [0.5, 0.6) is 17.2 Å². The number of nitrogens with zero attached hydrogens (tertiary/aromatic N) is 2. The van der Waals surface area contributed by atoms with Crippen LogP contribution < -0.4 is 29.8 Å². The van der Waals surface area contributed by atoms with Gasteiger partial charge in [-0.15, -0.1) is 0 Å². The number of ketones is 1. The quantitative estimate of drug-likeness (QED) is 0.212. The maximum absolute atomic E-state index is 15.3. The molecule has 2 saturated heterocycles. The highest BCUT2D eigenvalue weighted by Crippen LogP contribution is 2.61. The number of anilines is 2. The Morgan fingerprint density at radius 2 is 1.69 bits per heavy atom. The zero-order valence-corrected chi connectivity index (χ0v) is 25.7. The molecular weight excluding hydrogens is 604 g/mol. The molecule has 0 aromatic heterocycles. The van der Waals surface area contributed by atoms with Gasteiger partial charge in [-0.25, -0.2) is 4.79 Å². The van der Waals surface area contributed by atoms with Gasteiger partial charge in [-0.05, 0) is 29.7 Å². The number of nitrogen functional groups attached to an aromatic ring is 1. The predicted octanol–water partition coefficient (Wildman–Crippen LogP) is 3.06. The van der Waals surface area contributed by atoms with Crippen LogP contribution in [-0.2, 0) is 36.5 Å². The lowest BCUT2D eigenvalue weighted by Gasteiger charge is -2.58. The lowest BCUT2D eigenvalue weighted by Crippen LogP contribution is -2.75. The molecule has 2 atom stereocenters. The summed E-state index contributed by atoms with van der Waals surface area (Å²) in [5.74, 6) is 5.07. The number of Topliss-reactive ketones (excluding diaryl/α,β-unsaturated/α-hetero) is 1. The van der Waals surface area contributed by atoms with E-state index < -0.39 is 39.0 Å². The van der Waals surface area contributed by atoms with E-state index in [1.165, 1.54) is 30.1 Å². The SMILES string of the molecule is COc1c(NN)ccc([C@@]23CCN(C(=O)OCc4ccccc4)[C@]4(CCC(=O)N4c4c(OS(C)(=O)=O)cccc42)C3=O)c1OC. The molecule has 3 aliphatic heterocycles. The van der Waals surface area contributed by atoms with Crippen molar-refractivity contribution in [1.29, 1.82) is 0 Å². The van der Waals surface area contributed by atoms with Gasteiger partial charge in [-0.3, -0.25) is 25.2 Å². The third kappa shape index (κ3) is 4.46. The van der Waals surface area contributed by atoms with E-state index in [9.17, 15) is 18.0 Å². The Labute approximate surface area is 259 Å². The molecule has 3 heterocycles. The third-order valence-corrected chi connectivity index (χ3v) is 9.18. The first-order valence-electron chi connectivity index (χ1n) is 14.1. The van der Waals surface area contributed by atoms with Crippen molar-refractivity contribution in [3.8, 4) is 17.2 Å². The molecule has 2 fully saturated rings. The first-order valence-corrected chi connectivity index (χ1v) is 16.0. The number of piperidine rings is 1. The molecule has 0 aliphatic carbocycles. The van der Waals surface area contributed by atoms with Crippen molar-refractivity contribution >= 4 is 39.3 Å². The van der Waals surface area contributed by atoms with Gasteiger partial charge in [0.1, 0.15) is 6.61 Å². The monoisotopic (exact) mass is 636 g/mol. The van der Waals surface area contributed by atoms with Crippen molar-refractivity contribution in [3.63, 3.8) is 0 Å². The summed E-state index contributed by atoms with van der Waals surface area (Å²) in [5.41, 5.74) is 1.10. The molecule has 236 valence electrons. The van der Waals surface area contributed by atoms with Crippen LogP contribution in [0.1, 0.15) is 36.0 Å². The molecule has 3 aliphatic rings. The van der Waals surface area contributed by atoms with Gasteiger partial charge in [0.05, 0.1) is 37.3 Å². The highest BCUT2D eigenvalue weighted by Gasteiger charge is 2.71. The molecule has 6 rings (SSSR count). The summed E-state index contributed by atoms with van der Waals surface area (Å²) in [7, 11) is -1.22. The second-order valence-electron chi connectivity index (χ2n) is 11.0. The Balaban J connectivity index is 1.61. The van der Waals surface area contributed by atoms with E-state index in [2.05, 4.69) is 5.43 Å². The number of likely N-dealkylation sites (tertiary alicyclic amines) is 1. The number of carbonyl (C=O) groups is 3. The Bertz CT molecular complexity index is 1820.